The van der Waals surface area contributed by atoms with E-state index in [9.17, 15) is 4.79 Å². The lowest BCUT2D eigenvalue weighted by Gasteiger charge is -2.27. The van der Waals surface area contributed by atoms with Crippen LogP contribution in [0.25, 0.3) is 4.85 Å². The fraction of sp³-hybridized carbons (Fsp3) is 0.529. The Balaban J connectivity index is 2.32. The van der Waals surface area contributed by atoms with E-state index in [1.807, 2.05) is 13.0 Å². The SMILES string of the molecule is [C-]#[N+]/C(C(=O)OCC)=C1/C=C(C)OC(C2CCCCC2)=C1. The van der Waals surface area contributed by atoms with Crippen LogP contribution in [0.5, 0.6) is 0 Å². The fourth-order valence-electron chi connectivity index (χ4n) is 2.81. The summed E-state index contributed by atoms with van der Waals surface area (Å²) >= 11 is 0. The van der Waals surface area contributed by atoms with Gasteiger partial charge in [-0.3, -0.25) is 4.79 Å². The molecule has 4 heteroatoms. The van der Waals surface area contributed by atoms with Crippen molar-refractivity contribution in [3.63, 3.8) is 0 Å². The summed E-state index contributed by atoms with van der Waals surface area (Å²) in [4.78, 5) is 15.2. The van der Waals surface area contributed by atoms with Gasteiger partial charge in [-0.2, -0.15) is 0 Å². The number of carbonyl (C=O) groups excluding carboxylic acids is 1. The van der Waals surface area contributed by atoms with E-state index in [0.29, 0.717) is 11.5 Å². The van der Waals surface area contributed by atoms with Crippen LogP contribution < -0.4 is 0 Å². The van der Waals surface area contributed by atoms with Crippen LogP contribution in [0, 0.1) is 12.5 Å². The molecule has 0 aromatic rings. The molecule has 0 aromatic carbocycles. The first-order valence-corrected chi connectivity index (χ1v) is 7.52. The van der Waals surface area contributed by atoms with E-state index in [1.54, 1.807) is 13.0 Å². The number of rotatable bonds is 3. The highest BCUT2D eigenvalue weighted by Gasteiger charge is 2.24. The Hall–Kier alpha value is -2.02. The van der Waals surface area contributed by atoms with Gasteiger partial charge in [-0.1, -0.05) is 19.3 Å². The van der Waals surface area contributed by atoms with Crippen molar-refractivity contribution in [2.24, 2.45) is 5.92 Å². The van der Waals surface area contributed by atoms with E-state index in [4.69, 9.17) is 16.0 Å². The summed E-state index contributed by atoms with van der Waals surface area (Å²) in [5.41, 5.74) is 0.639. The van der Waals surface area contributed by atoms with E-state index in [1.165, 1.54) is 19.3 Å². The Kier molecular flexibility index (Phi) is 5.21. The van der Waals surface area contributed by atoms with Crippen molar-refractivity contribution in [1.29, 1.82) is 0 Å². The van der Waals surface area contributed by atoms with Crippen molar-refractivity contribution in [2.75, 3.05) is 6.61 Å². The van der Waals surface area contributed by atoms with E-state index >= 15 is 0 Å². The van der Waals surface area contributed by atoms with Crippen LogP contribution in [0.2, 0.25) is 0 Å². The summed E-state index contributed by atoms with van der Waals surface area (Å²) in [7, 11) is 0. The number of carbonyl (C=O) groups is 1. The Bertz CT molecular complexity index is 543. The van der Waals surface area contributed by atoms with Gasteiger partial charge in [-0.15, -0.1) is 0 Å². The van der Waals surface area contributed by atoms with Crippen LogP contribution in [0.15, 0.2) is 34.9 Å². The number of nitrogens with zero attached hydrogens (tertiary/aromatic N) is 1. The molecule has 2 aliphatic rings. The largest absolute Gasteiger partial charge is 0.471 e. The zero-order valence-corrected chi connectivity index (χ0v) is 12.6. The number of hydrogen-bond donors (Lipinski definition) is 0. The first-order valence-electron chi connectivity index (χ1n) is 7.52. The molecule has 0 amide bonds. The highest BCUT2D eigenvalue weighted by Crippen LogP contribution is 2.35. The molecule has 1 heterocycles. The summed E-state index contributed by atoms with van der Waals surface area (Å²) in [6.07, 6.45) is 9.49. The molecule has 0 unspecified atom stereocenters. The molecule has 1 aliphatic heterocycles. The van der Waals surface area contributed by atoms with Gasteiger partial charge < -0.3 is 9.47 Å². The zero-order valence-electron chi connectivity index (χ0n) is 12.6. The van der Waals surface area contributed by atoms with Gasteiger partial charge >= 0.3 is 5.97 Å². The van der Waals surface area contributed by atoms with Gasteiger partial charge in [0.25, 0.3) is 5.70 Å². The van der Waals surface area contributed by atoms with E-state index in [2.05, 4.69) is 4.85 Å². The third-order valence-corrected chi connectivity index (χ3v) is 3.80. The van der Waals surface area contributed by atoms with Gasteiger partial charge in [-0.25, -0.2) is 4.85 Å². The first kappa shape index (κ1) is 15.4. The van der Waals surface area contributed by atoms with Gasteiger partial charge in [0.05, 0.1) is 18.9 Å². The average molecular weight is 287 g/mol. The topological polar surface area (TPSA) is 39.9 Å². The average Bonchev–Trinajstić information content (AvgIpc) is 2.48. The molecular formula is C17H21NO3. The van der Waals surface area contributed by atoms with Crippen LogP contribution in [-0.4, -0.2) is 12.6 Å². The molecule has 0 aromatic heterocycles. The molecular weight excluding hydrogens is 266 g/mol. The number of hydrogen-bond acceptors (Lipinski definition) is 3. The minimum Gasteiger partial charge on any atom is -0.471 e. The minimum absolute atomic E-state index is 0.0350. The van der Waals surface area contributed by atoms with Gasteiger partial charge in [0.1, 0.15) is 5.76 Å². The lowest BCUT2D eigenvalue weighted by atomic mass is 9.86. The van der Waals surface area contributed by atoms with Crippen LogP contribution in [0.3, 0.4) is 0 Å². The van der Waals surface area contributed by atoms with Crippen molar-refractivity contribution in [3.05, 3.63) is 46.4 Å². The van der Waals surface area contributed by atoms with Crippen molar-refractivity contribution in [1.82, 2.24) is 0 Å². The molecule has 4 nitrogen and oxygen atoms in total. The lowest BCUT2D eigenvalue weighted by molar-refractivity contribution is -0.138. The maximum atomic E-state index is 11.9. The second-order valence-corrected chi connectivity index (χ2v) is 5.37. The highest BCUT2D eigenvalue weighted by molar-refractivity contribution is 5.92. The van der Waals surface area contributed by atoms with Gasteiger partial charge in [0.2, 0.25) is 0 Å². The van der Waals surface area contributed by atoms with Gasteiger partial charge in [0.15, 0.2) is 0 Å². The standard InChI is InChI=1S/C17H21NO3/c1-4-20-17(19)16(18-3)14-10-12(2)21-15(11-14)13-8-6-5-7-9-13/h10-11,13H,4-9H2,1-2H3/b16-14-. The molecule has 1 aliphatic carbocycles. The number of ether oxygens (including phenoxy) is 2. The van der Waals surface area contributed by atoms with Crippen molar-refractivity contribution in [3.8, 4) is 0 Å². The predicted octanol–water partition coefficient (Wildman–Crippen LogP) is 4.12. The molecule has 1 fully saturated rings. The van der Waals surface area contributed by atoms with Crippen molar-refractivity contribution in [2.45, 2.75) is 46.0 Å². The third-order valence-electron chi connectivity index (χ3n) is 3.80. The highest BCUT2D eigenvalue weighted by atomic mass is 16.5. The molecule has 2 rings (SSSR count). The summed E-state index contributed by atoms with van der Waals surface area (Å²) < 4.78 is 10.8. The Labute approximate surface area is 125 Å². The number of esters is 1. The van der Waals surface area contributed by atoms with Crippen molar-refractivity contribution >= 4 is 5.97 Å². The molecule has 1 saturated carbocycles. The van der Waals surface area contributed by atoms with Gasteiger partial charge in [-0.05, 0) is 44.4 Å². The lowest BCUT2D eigenvalue weighted by Crippen LogP contribution is -2.14. The molecule has 0 spiro atoms. The molecule has 0 N–H and O–H groups in total. The third kappa shape index (κ3) is 3.75. The second-order valence-electron chi connectivity index (χ2n) is 5.37. The van der Waals surface area contributed by atoms with E-state index in [0.717, 1.165) is 24.4 Å². The Morgan fingerprint density at radius 1 is 1.38 bits per heavy atom. The molecule has 0 radical (unpaired) electrons. The molecule has 21 heavy (non-hydrogen) atoms. The molecule has 0 bridgehead atoms. The molecule has 0 saturated heterocycles. The minimum atomic E-state index is -0.562. The van der Waals surface area contributed by atoms with Crippen LogP contribution >= 0.6 is 0 Å². The van der Waals surface area contributed by atoms with Crippen LogP contribution in [0.1, 0.15) is 46.0 Å². The maximum Gasteiger partial charge on any atom is 0.336 e. The summed E-state index contributed by atoms with van der Waals surface area (Å²) in [6, 6.07) is 0. The van der Waals surface area contributed by atoms with E-state index < -0.39 is 5.97 Å². The van der Waals surface area contributed by atoms with Crippen LogP contribution in [-0.2, 0) is 14.3 Å². The second kappa shape index (κ2) is 7.12. The number of allylic oxidation sites excluding steroid dienone is 5. The quantitative estimate of drug-likeness (QED) is 0.445. The molecule has 0 atom stereocenters. The maximum absolute atomic E-state index is 11.9. The fourth-order valence-corrected chi connectivity index (χ4v) is 2.81. The normalized spacial score (nSPS) is 21.6. The van der Waals surface area contributed by atoms with Crippen LogP contribution in [0.4, 0.5) is 0 Å². The summed E-state index contributed by atoms with van der Waals surface area (Å²) in [5.74, 6) is 1.44. The predicted molar refractivity (Wildman–Crippen MR) is 79.8 cm³/mol. The van der Waals surface area contributed by atoms with Gasteiger partial charge in [0, 0.05) is 5.92 Å². The smallest absolute Gasteiger partial charge is 0.336 e. The monoisotopic (exact) mass is 287 g/mol. The first-order chi connectivity index (χ1) is 10.2. The Morgan fingerprint density at radius 3 is 2.71 bits per heavy atom. The van der Waals surface area contributed by atoms with Crippen molar-refractivity contribution < 1.29 is 14.3 Å². The summed E-state index contributed by atoms with van der Waals surface area (Å²) in [6.45, 7) is 11.1. The summed E-state index contributed by atoms with van der Waals surface area (Å²) in [5, 5.41) is 0. The molecule has 112 valence electrons. The Morgan fingerprint density at radius 2 is 2.10 bits per heavy atom. The zero-order chi connectivity index (χ0) is 15.2. The van der Waals surface area contributed by atoms with E-state index in [-0.39, 0.29) is 12.3 Å².